The Kier molecular flexibility index (Phi) is 4.75. The van der Waals surface area contributed by atoms with E-state index in [1.54, 1.807) is 0 Å². The first-order valence-corrected chi connectivity index (χ1v) is 8.70. The number of benzene rings is 2. The first-order chi connectivity index (χ1) is 11.1. The van der Waals surface area contributed by atoms with E-state index in [2.05, 4.69) is 64.1 Å². The van der Waals surface area contributed by atoms with Gasteiger partial charge in [-0.1, -0.05) is 6.07 Å². The first kappa shape index (κ1) is 16.1. The van der Waals surface area contributed by atoms with Crippen LogP contribution in [-0.4, -0.2) is 19.6 Å². The summed E-state index contributed by atoms with van der Waals surface area (Å²) in [6.45, 7) is 4.08. The second-order valence-corrected chi connectivity index (χ2v) is 6.74. The van der Waals surface area contributed by atoms with E-state index < -0.39 is 0 Å². The maximum Gasteiger partial charge on any atom is 0.252 e. The fourth-order valence-corrected chi connectivity index (χ4v) is 3.79. The van der Waals surface area contributed by atoms with E-state index in [0.717, 1.165) is 32.7 Å². The molecule has 23 heavy (non-hydrogen) atoms. The fourth-order valence-electron chi connectivity index (χ4n) is 2.80. The van der Waals surface area contributed by atoms with Crippen LogP contribution in [0.4, 0.5) is 5.69 Å². The van der Waals surface area contributed by atoms with Gasteiger partial charge in [0, 0.05) is 29.4 Å². The number of nitrogens with zero attached hydrogens (tertiary/aromatic N) is 1. The highest BCUT2D eigenvalue weighted by Crippen LogP contribution is 2.26. The van der Waals surface area contributed by atoms with Gasteiger partial charge in [0.1, 0.15) is 5.75 Å². The third-order valence-electron chi connectivity index (χ3n) is 3.91. The molecule has 0 bridgehead atoms. The van der Waals surface area contributed by atoms with Gasteiger partial charge >= 0.3 is 0 Å². The summed E-state index contributed by atoms with van der Waals surface area (Å²) in [6.07, 6.45) is 0. The minimum absolute atomic E-state index is 0.0378. The van der Waals surface area contributed by atoms with Crippen molar-refractivity contribution in [1.82, 2.24) is 5.32 Å². The van der Waals surface area contributed by atoms with Crippen molar-refractivity contribution in [3.63, 3.8) is 0 Å². The lowest BCUT2D eigenvalue weighted by Crippen LogP contribution is -2.16. The second-order valence-electron chi connectivity index (χ2n) is 5.58. The van der Waals surface area contributed by atoms with Crippen LogP contribution in [0.3, 0.4) is 0 Å². The number of carbonyl (C=O) groups is 1. The van der Waals surface area contributed by atoms with Gasteiger partial charge in [-0.25, -0.2) is 0 Å². The van der Waals surface area contributed by atoms with E-state index in [1.807, 2.05) is 19.1 Å². The number of hydrogen-bond donors (Lipinski definition) is 1. The summed E-state index contributed by atoms with van der Waals surface area (Å²) in [4.78, 5) is 14.0. The number of carbonyl (C=O) groups excluding carboxylic acids is 1. The summed E-state index contributed by atoms with van der Waals surface area (Å²) < 4.78 is 6.50. The third kappa shape index (κ3) is 3.44. The average Bonchev–Trinajstić information content (AvgIpc) is 2.90. The van der Waals surface area contributed by atoms with Gasteiger partial charge in [-0.15, -0.1) is 0 Å². The van der Waals surface area contributed by atoms with Crippen molar-refractivity contribution >= 4 is 34.2 Å². The Bertz CT molecular complexity index is 729. The molecule has 0 saturated carbocycles. The van der Waals surface area contributed by atoms with Crippen molar-refractivity contribution in [2.75, 3.05) is 18.6 Å². The molecule has 1 heterocycles. The first-order valence-electron chi connectivity index (χ1n) is 7.62. The smallest absolute Gasteiger partial charge is 0.252 e. The molecule has 1 amide bonds. The Balaban J connectivity index is 1.76. The Morgan fingerprint density at radius 1 is 1.26 bits per heavy atom. The van der Waals surface area contributed by atoms with E-state index >= 15 is 0 Å². The quantitative estimate of drug-likeness (QED) is 0.750. The molecule has 120 valence electrons. The van der Waals surface area contributed by atoms with Crippen LogP contribution in [0.5, 0.6) is 5.75 Å². The number of amides is 1. The molecule has 3 rings (SSSR count). The molecular weight excluding hydrogens is 403 g/mol. The molecule has 0 saturated heterocycles. The molecule has 0 aromatic heterocycles. The van der Waals surface area contributed by atoms with Gasteiger partial charge < -0.3 is 15.0 Å². The van der Waals surface area contributed by atoms with Crippen molar-refractivity contribution in [3.05, 3.63) is 56.7 Å². The molecule has 0 unspecified atom stereocenters. The van der Waals surface area contributed by atoms with Crippen molar-refractivity contribution in [2.24, 2.45) is 0 Å². The van der Waals surface area contributed by atoms with Crippen LogP contribution in [0, 0.1) is 3.57 Å². The molecule has 1 aliphatic heterocycles. The number of anilines is 1. The summed E-state index contributed by atoms with van der Waals surface area (Å²) >= 11 is 2.25. The Morgan fingerprint density at radius 2 is 2.00 bits per heavy atom. The normalized spacial score (nSPS) is 12.7. The number of rotatable bonds is 5. The fraction of sp³-hybridized carbons (Fsp3) is 0.278. The molecule has 0 atom stereocenters. The zero-order chi connectivity index (χ0) is 16.4. The molecule has 2 aromatic rings. The summed E-state index contributed by atoms with van der Waals surface area (Å²) in [5.74, 6) is 0.928. The lowest BCUT2D eigenvalue weighted by molar-refractivity contribution is 0.0965. The van der Waals surface area contributed by atoms with Gasteiger partial charge in [-0.2, -0.15) is 0 Å². The highest BCUT2D eigenvalue weighted by Gasteiger charge is 2.22. The van der Waals surface area contributed by atoms with Gasteiger partial charge in [0.25, 0.3) is 5.91 Å². The highest BCUT2D eigenvalue weighted by atomic mass is 127. The molecule has 1 aliphatic rings. The predicted octanol–water partition coefficient (Wildman–Crippen LogP) is 3.57. The van der Waals surface area contributed by atoms with Crippen molar-refractivity contribution in [3.8, 4) is 5.75 Å². The minimum Gasteiger partial charge on any atom is -0.494 e. The predicted molar refractivity (Wildman–Crippen MR) is 100 cm³/mol. The Labute approximate surface area is 150 Å². The molecule has 0 aliphatic carbocycles. The Hall–Kier alpha value is -1.76. The summed E-state index contributed by atoms with van der Waals surface area (Å²) in [5.41, 5.74) is 4.27. The van der Waals surface area contributed by atoms with Crippen LogP contribution < -0.4 is 15.0 Å². The topological polar surface area (TPSA) is 41.6 Å². The van der Waals surface area contributed by atoms with Crippen molar-refractivity contribution < 1.29 is 9.53 Å². The lowest BCUT2D eigenvalue weighted by Gasteiger charge is -2.20. The molecule has 1 N–H and O–H groups in total. The van der Waals surface area contributed by atoms with Crippen molar-refractivity contribution in [1.29, 1.82) is 0 Å². The summed E-state index contributed by atoms with van der Waals surface area (Å²) in [6, 6.07) is 12.3. The SMILES string of the molecule is CCOc1ccc(N(C)Cc2cc(I)c3c(c2)CNC3=O)cc1. The number of nitrogens with one attached hydrogen (secondary N) is 1. The number of fused-ring (bicyclic) bond motifs is 1. The van der Waals surface area contributed by atoms with Crippen LogP contribution in [0.15, 0.2) is 36.4 Å². The van der Waals surface area contributed by atoms with Crippen LogP contribution in [0.25, 0.3) is 0 Å². The van der Waals surface area contributed by atoms with E-state index in [1.165, 1.54) is 5.56 Å². The molecule has 0 spiro atoms. The number of hydrogen-bond acceptors (Lipinski definition) is 3. The molecule has 5 heteroatoms. The van der Waals surface area contributed by atoms with Gasteiger partial charge in [0.15, 0.2) is 0 Å². The van der Waals surface area contributed by atoms with Crippen LogP contribution in [-0.2, 0) is 13.1 Å². The molecule has 0 fully saturated rings. The van der Waals surface area contributed by atoms with Crippen LogP contribution >= 0.6 is 22.6 Å². The molecule has 4 nitrogen and oxygen atoms in total. The second kappa shape index (κ2) is 6.78. The Morgan fingerprint density at radius 3 is 2.70 bits per heavy atom. The molecule has 0 radical (unpaired) electrons. The van der Waals surface area contributed by atoms with E-state index in [-0.39, 0.29) is 5.91 Å². The third-order valence-corrected chi connectivity index (χ3v) is 4.76. The van der Waals surface area contributed by atoms with Crippen molar-refractivity contribution in [2.45, 2.75) is 20.0 Å². The van der Waals surface area contributed by atoms with Crippen LogP contribution in [0.2, 0.25) is 0 Å². The average molecular weight is 422 g/mol. The largest absolute Gasteiger partial charge is 0.494 e. The van der Waals surface area contributed by atoms with Gasteiger partial charge in [0.2, 0.25) is 0 Å². The maximum atomic E-state index is 11.8. The standard InChI is InChI=1S/C18H19IN2O2/c1-3-23-15-6-4-14(5-7-15)21(2)11-12-8-13-10-20-18(22)17(13)16(19)9-12/h4-9H,3,10-11H2,1-2H3,(H,20,22). The summed E-state index contributed by atoms with van der Waals surface area (Å²) in [5, 5.41) is 2.88. The maximum absolute atomic E-state index is 11.8. The van der Waals surface area contributed by atoms with E-state index in [9.17, 15) is 4.79 Å². The van der Waals surface area contributed by atoms with Gasteiger partial charge in [0.05, 0.1) is 12.2 Å². The zero-order valence-corrected chi connectivity index (χ0v) is 15.4. The number of halogens is 1. The number of ether oxygens (including phenoxy) is 1. The molecule has 2 aromatic carbocycles. The highest BCUT2D eigenvalue weighted by molar-refractivity contribution is 14.1. The van der Waals surface area contributed by atoms with Gasteiger partial charge in [-0.05, 0) is 71.0 Å². The zero-order valence-electron chi connectivity index (χ0n) is 13.2. The molecular formula is C18H19IN2O2. The monoisotopic (exact) mass is 422 g/mol. The summed E-state index contributed by atoms with van der Waals surface area (Å²) in [7, 11) is 2.07. The minimum atomic E-state index is 0.0378. The van der Waals surface area contributed by atoms with E-state index in [0.29, 0.717) is 13.2 Å². The van der Waals surface area contributed by atoms with E-state index in [4.69, 9.17) is 4.74 Å². The van der Waals surface area contributed by atoms with Gasteiger partial charge in [-0.3, -0.25) is 4.79 Å². The lowest BCUT2D eigenvalue weighted by atomic mass is 10.1. The van der Waals surface area contributed by atoms with Crippen LogP contribution in [0.1, 0.15) is 28.4 Å².